The van der Waals surface area contributed by atoms with Gasteiger partial charge in [-0.2, -0.15) is 0 Å². The van der Waals surface area contributed by atoms with Crippen LogP contribution < -0.4 is 0 Å². The Hall–Kier alpha value is -0.280. The summed E-state index contributed by atoms with van der Waals surface area (Å²) in [5, 5.41) is 0.0432. The summed E-state index contributed by atoms with van der Waals surface area (Å²) < 4.78 is 0. The van der Waals surface area contributed by atoms with E-state index in [0.717, 1.165) is 39.0 Å². The van der Waals surface area contributed by atoms with E-state index in [1.165, 1.54) is 0 Å². The molecule has 2 saturated heterocycles. The van der Waals surface area contributed by atoms with Gasteiger partial charge in [0.25, 0.3) is 0 Å². The molecule has 2 aliphatic rings. The number of rotatable bonds is 2. The molecule has 0 aromatic rings. The summed E-state index contributed by atoms with van der Waals surface area (Å²) in [7, 11) is 0. The summed E-state index contributed by atoms with van der Waals surface area (Å²) in [6.07, 6.45) is 2.77. The molecule has 2 fully saturated rings. The molecule has 0 aliphatic carbocycles. The van der Waals surface area contributed by atoms with Crippen molar-refractivity contribution in [3.8, 4) is 0 Å². The van der Waals surface area contributed by atoms with Gasteiger partial charge < -0.3 is 9.80 Å². The molecule has 1 amide bonds. The van der Waals surface area contributed by atoms with Crippen LogP contribution in [0.3, 0.4) is 0 Å². The second-order valence-electron chi connectivity index (χ2n) is 4.51. The molecule has 2 aliphatic heterocycles. The molecule has 4 heteroatoms. The van der Waals surface area contributed by atoms with E-state index in [9.17, 15) is 4.79 Å². The number of nitrogens with zero attached hydrogens (tertiary/aromatic N) is 2. The zero-order valence-electron chi connectivity index (χ0n) is 9.29. The molecule has 0 N–H and O–H groups in total. The van der Waals surface area contributed by atoms with Crippen LogP contribution in [0.4, 0.5) is 0 Å². The van der Waals surface area contributed by atoms with Crippen molar-refractivity contribution in [3.63, 3.8) is 0 Å². The lowest BCUT2D eigenvalue weighted by Gasteiger charge is -2.36. The van der Waals surface area contributed by atoms with Crippen LogP contribution in [0.1, 0.15) is 26.2 Å². The lowest BCUT2D eigenvalue weighted by atomic mass is 10.0. The number of likely N-dealkylation sites (tertiary alicyclic amines) is 2. The number of carbonyl (C=O) groups is 1. The van der Waals surface area contributed by atoms with E-state index in [0.29, 0.717) is 12.5 Å². The van der Waals surface area contributed by atoms with E-state index in [4.69, 9.17) is 11.6 Å². The minimum Gasteiger partial charge on any atom is -0.338 e. The molecule has 0 spiro atoms. The SMILES string of the molecule is CCN1CCC(N2CC(Cl)CC2=O)CC1. The third-order valence-electron chi connectivity index (χ3n) is 3.56. The third-order valence-corrected chi connectivity index (χ3v) is 3.85. The van der Waals surface area contributed by atoms with Gasteiger partial charge in [0, 0.05) is 32.1 Å². The average Bonchev–Trinajstić information content (AvgIpc) is 2.58. The predicted octanol–water partition coefficient (Wildman–Crippen LogP) is 1.31. The van der Waals surface area contributed by atoms with Gasteiger partial charge in [-0.05, 0) is 19.4 Å². The minimum absolute atomic E-state index is 0.0432. The molecule has 86 valence electrons. The molecule has 0 bridgehead atoms. The Morgan fingerprint density at radius 3 is 2.53 bits per heavy atom. The monoisotopic (exact) mass is 230 g/mol. The van der Waals surface area contributed by atoms with Gasteiger partial charge in [0.1, 0.15) is 0 Å². The van der Waals surface area contributed by atoms with Crippen LogP contribution in [0.2, 0.25) is 0 Å². The van der Waals surface area contributed by atoms with Gasteiger partial charge in [0.05, 0.1) is 5.38 Å². The number of alkyl halides is 1. The van der Waals surface area contributed by atoms with Gasteiger partial charge in [-0.25, -0.2) is 0 Å². The fourth-order valence-corrected chi connectivity index (χ4v) is 2.87. The maximum atomic E-state index is 11.7. The van der Waals surface area contributed by atoms with Gasteiger partial charge in [-0.1, -0.05) is 6.92 Å². The standard InChI is InChI=1S/C11H19ClN2O/c1-2-13-5-3-10(4-6-13)14-8-9(12)7-11(14)15/h9-10H,2-8H2,1H3. The lowest BCUT2D eigenvalue weighted by molar-refractivity contribution is -0.130. The number of carbonyl (C=O) groups excluding carboxylic acids is 1. The Kier molecular flexibility index (Phi) is 3.52. The highest BCUT2D eigenvalue weighted by Gasteiger charge is 2.34. The van der Waals surface area contributed by atoms with Crippen molar-refractivity contribution < 1.29 is 4.79 Å². The lowest BCUT2D eigenvalue weighted by Crippen LogP contribution is -2.45. The molecule has 0 aromatic carbocycles. The molecule has 1 unspecified atom stereocenters. The third kappa shape index (κ3) is 2.45. The number of hydrogen-bond donors (Lipinski definition) is 0. The number of halogens is 1. The fourth-order valence-electron chi connectivity index (χ4n) is 2.59. The van der Waals surface area contributed by atoms with Crippen molar-refractivity contribution in [3.05, 3.63) is 0 Å². The van der Waals surface area contributed by atoms with Gasteiger partial charge in [0.2, 0.25) is 5.91 Å². The van der Waals surface area contributed by atoms with Crippen LogP contribution >= 0.6 is 11.6 Å². The molecule has 0 radical (unpaired) electrons. The average molecular weight is 231 g/mol. The first-order chi connectivity index (χ1) is 7.20. The van der Waals surface area contributed by atoms with Crippen LogP contribution in [0.15, 0.2) is 0 Å². The Balaban J connectivity index is 1.88. The summed E-state index contributed by atoms with van der Waals surface area (Å²) in [6, 6.07) is 0.448. The maximum absolute atomic E-state index is 11.7. The highest BCUT2D eigenvalue weighted by atomic mass is 35.5. The first-order valence-electron chi connectivity index (χ1n) is 5.86. The van der Waals surface area contributed by atoms with Crippen molar-refractivity contribution in [2.45, 2.75) is 37.6 Å². The van der Waals surface area contributed by atoms with Crippen LogP contribution in [0.25, 0.3) is 0 Å². The maximum Gasteiger partial charge on any atom is 0.224 e. The van der Waals surface area contributed by atoms with E-state index >= 15 is 0 Å². The molecule has 2 rings (SSSR count). The Labute approximate surface area is 96.4 Å². The highest BCUT2D eigenvalue weighted by molar-refractivity contribution is 6.22. The minimum atomic E-state index is 0.0432. The van der Waals surface area contributed by atoms with Gasteiger partial charge in [0.15, 0.2) is 0 Å². The Morgan fingerprint density at radius 2 is 2.07 bits per heavy atom. The quantitative estimate of drug-likeness (QED) is 0.668. The van der Waals surface area contributed by atoms with E-state index < -0.39 is 0 Å². The van der Waals surface area contributed by atoms with Crippen LogP contribution in [-0.4, -0.2) is 53.3 Å². The number of piperidine rings is 1. The Bertz CT molecular complexity index is 239. The smallest absolute Gasteiger partial charge is 0.224 e. The van der Waals surface area contributed by atoms with E-state index in [-0.39, 0.29) is 11.3 Å². The normalized spacial score (nSPS) is 30.1. The molecule has 3 nitrogen and oxygen atoms in total. The zero-order valence-corrected chi connectivity index (χ0v) is 10.0. The largest absolute Gasteiger partial charge is 0.338 e. The summed E-state index contributed by atoms with van der Waals surface area (Å²) >= 11 is 6.00. The second-order valence-corrected chi connectivity index (χ2v) is 5.13. The van der Waals surface area contributed by atoms with Crippen molar-refractivity contribution in [1.29, 1.82) is 0 Å². The molecule has 0 saturated carbocycles. The summed E-state index contributed by atoms with van der Waals surface area (Å²) in [5.41, 5.74) is 0. The van der Waals surface area contributed by atoms with Gasteiger partial charge in [-0.3, -0.25) is 4.79 Å². The first kappa shape index (κ1) is 11.2. The second kappa shape index (κ2) is 4.71. The van der Waals surface area contributed by atoms with E-state index in [1.54, 1.807) is 0 Å². The van der Waals surface area contributed by atoms with Crippen molar-refractivity contribution in [2.24, 2.45) is 0 Å². The summed E-state index contributed by atoms with van der Waals surface area (Å²) in [4.78, 5) is 16.1. The Morgan fingerprint density at radius 1 is 1.40 bits per heavy atom. The van der Waals surface area contributed by atoms with Crippen molar-refractivity contribution >= 4 is 17.5 Å². The van der Waals surface area contributed by atoms with E-state index in [1.807, 2.05) is 4.90 Å². The van der Waals surface area contributed by atoms with Crippen LogP contribution in [0, 0.1) is 0 Å². The first-order valence-corrected chi connectivity index (χ1v) is 6.30. The number of amides is 1. The molecular weight excluding hydrogens is 212 g/mol. The molecular formula is C11H19ClN2O. The fraction of sp³-hybridized carbons (Fsp3) is 0.909. The predicted molar refractivity (Wildman–Crippen MR) is 61.1 cm³/mol. The van der Waals surface area contributed by atoms with Gasteiger partial charge in [-0.15, -0.1) is 11.6 Å². The van der Waals surface area contributed by atoms with Crippen LogP contribution in [0.5, 0.6) is 0 Å². The molecule has 1 atom stereocenters. The summed E-state index contributed by atoms with van der Waals surface area (Å²) in [6.45, 7) is 6.32. The van der Waals surface area contributed by atoms with Crippen molar-refractivity contribution in [2.75, 3.05) is 26.2 Å². The molecule has 2 heterocycles. The molecule has 15 heavy (non-hydrogen) atoms. The molecule has 0 aromatic heterocycles. The number of hydrogen-bond acceptors (Lipinski definition) is 2. The zero-order chi connectivity index (χ0) is 10.8. The highest BCUT2D eigenvalue weighted by Crippen LogP contribution is 2.24. The van der Waals surface area contributed by atoms with Crippen LogP contribution in [-0.2, 0) is 4.79 Å². The summed E-state index contributed by atoms with van der Waals surface area (Å²) in [5.74, 6) is 0.255. The topological polar surface area (TPSA) is 23.6 Å². The van der Waals surface area contributed by atoms with Crippen molar-refractivity contribution in [1.82, 2.24) is 9.80 Å². The van der Waals surface area contributed by atoms with Gasteiger partial charge >= 0.3 is 0 Å². The van der Waals surface area contributed by atoms with E-state index in [2.05, 4.69) is 11.8 Å².